The number of hydrogen-bond donors (Lipinski definition) is 1. The number of halogens is 2. The molecule has 29 heavy (non-hydrogen) atoms. The molecule has 3 fully saturated rings. The Balaban J connectivity index is 1.26. The van der Waals surface area contributed by atoms with Crippen LogP contribution >= 0.6 is 11.6 Å². The van der Waals surface area contributed by atoms with Crippen molar-refractivity contribution >= 4 is 23.5 Å². The van der Waals surface area contributed by atoms with E-state index in [9.17, 15) is 14.0 Å². The van der Waals surface area contributed by atoms with Crippen LogP contribution < -0.4 is 10.1 Å². The predicted molar refractivity (Wildman–Crippen MR) is 103 cm³/mol. The lowest BCUT2D eigenvalue weighted by Crippen LogP contribution is -2.75. The van der Waals surface area contributed by atoms with Crippen LogP contribution in [0.3, 0.4) is 0 Å². The molecule has 1 N–H and O–H groups in total. The molecule has 0 radical (unpaired) electrons. The van der Waals surface area contributed by atoms with Crippen molar-refractivity contribution in [1.82, 2.24) is 10.3 Å². The highest BCUT2D eigenvalue weighted by molar-refractivity contribution is 6.30. The lowest BCUT2D eigenvalue weighted by molar-refractivity contribution is -0.166. The molecule has 3 aliphatic rings. The SMILES string of the molecule is COC(=O)c1ccnc(CC23CC(NC(=O)COc4ccc(Cl)c(F)c4)(C2)C3)c1. The molecule has 0 spiro atoms. The summed E-state index contributed by atoms with van der Waals surface area (Å²) >= 11 is 5.63. The second-order valence-corrected chi connectivity index (χ2v) is 8.33. The van der Waals surface area contributed by atoms with Gasteiger partial charge in [-0.25, -0.2) is 9.18 Å². The average Bonchev–Trinajstić information content (AvgIpc) is 2.66. The molecule has 6 nitrogen and oxygen atoms in total. The summed E-state index contributed by atoms with van der Waals surface area (Å²) in [5.41, 5.74) is 1.27. The third kappa shape index (κ3) is 3.92. The zero-order chi connectivity index (χ0) is 20.6. The summed E-state index contributed by atoms with van der Waals surface area (Å²) in [6.45, 7) is -0.182. The van der Waals surface area contributed by atoms with E-state index in [1.165, 1.54) is 19.2 Å². The first-order valence-corrected chi connectivity index (χ1v) is 9.62. The molecule has 5 rings (SSSR count). The van der Waals surface area contributed by atoms with Crippen LogP contribution in [0.1, 0.15) is 35.3 Å². The van der Waals surface area contributed by atoms with Crippen molar-refractivity contribution in [2.75, 3.05) is 13.7 Å². The summed E-state index contributed by atoms with van der Waals surface area (Å²) in [4.78, 5) is 28.2. The molecule has 3 saturated carbocycles. The number of ether oxygens (including phenoxy) is 2. The Morgan fingerprint density at radius 2 is 2.00 bits per heavy atom. The molecule has 152 valence electrons. The Hall–Kier alpha value is -2.67. The van der Waals surface area contributed by atoms with Gasteiger partial charge < -0.3 is 14.8 Å². The summed E-state index contributed by atoms with van der Waals surface area (Å²) in [7, 11) is 1.35. The van der Waals surface area contributed by atoms with E-state index in [0.29, 0.717) is 5.56 Å². The number of benzene rings is 1. The van der Waals surface area contributed by atoms with E-state index in [-0.39, 0.29) is 40.2 Å². The van der Waals surface area contributed by atoms with Crippen LogP contribution in [0.2, 0.25) is 5.02 Å². The van der Waals surface area contributed by atoms with Crippen LogP contribution in [-0.2, 0) is 16.0 Å². The van der Waals surface area contributed by atoms with E-state index in [2.05, 4.69) is 10.3 Å². The molecule has 2 aromatic rings. The topological polar surface area (TPSA) is 77.5 Å². The molecule has 0 atom stereocenters. The van der Waals surface area contributed by atoms with Gasteiger partial charge in [0.05, 0.1) is 17.7 Å². The van der Waals surface area contributed by atoms with Crippen molar-refractivity contribution < 1.29 is 23.5 Å². The highest BCUT2D eigenvalue weighted by atomic mass is 35.5. The number of carbonyl (C=O) groups is 2. The molecule has 0 unspecified atom stereocenters. The smallest absolute Gasteiger partial charge is 0.337 e. The summed E-state index contributed by atoms with van der Waals surface area (Å²) in [5.74, 6) is -0.946. The number of pyridine rings is 1. The van der Waals surface area contributed by atoms with Crippen molar-refractivity contribution in [2.24, 2.45) is 5.41 Å². The van der Waals surface area contributed by atoms with Crippen LogP contribution in [-0.4, -0.2) is 36.1 Å². The van der Waals surface area contributed by atoms with Gasteiger partial charge in [0.2, 0.25) is 0 Å². The number of hydrogen-bond acceptors (Lipinski definition) is 5. The molecule has 0 saturated heterocycles. The van der Waals surface area contributed by atoms with E-state index < -0.39 is 5.82 Å². The number of amides is 1. The van der Waals surface area contributed by atoms with Gasteiger partial charge in [-0.3, -0.25) is 9.78 Å². The van der Waals surface area contributed by atoms with Gasteiger partial charge >= 0.3 is 5.97 Å². The Labute approximate surface area is 172 Å². The molecule has 8 heteroatoms. The third-order valence-electron chi connectivity index (χ3n) is 5.60. The number of methoxy groups -OCH3 is 1. The van der Waals surface area contributed by atoms with Crippen LogP contribution in [0, 0.1) is 11.2 Å². The van der Waals surface area contributed by atoms with Crippen LogP contribution in [0.4, 0.5) is 4.39 Å². The van der Waals surface area contributed by atoms with Gasteiger partial charge in [-0.1, -0.05) is 11.6 Å². The molecular weight excluding hydrogens is 399 g/mol. The minimum absolute atomic E-state index is 0.00702. The average molecular weight is 419 g/mol. The maximum atomic E-state index is 13.4. The maximum Gasteiger partial charge on any atom is 0.337 e. The molecule has 1 heterocycles. The Morgan fingerprint density at radius 1 is 1.24 bits per heavy atom. The van der Waals surface area contributed by atoms with E-state index in [4.69, 9.17) is 21.1 Å². The first-order chi connectivity index (χ1) is 13.8. The van der Waals surface area contributed by atoms with Crippen molar-refractivity contribution in [3.05, 3.63) is 58.6 Å². The first kappa shape index (κ1) is 19.6. The van der Waals surface area contributed by atoms with Gasteiger partial charge in [-0.05, 0) is 55.4 Å². The fourth-order valence-electron chi connectivity index (χ4n) is 4.57. The number of nitrogens with one attached hydrogen (secondary N) is 1. The number of rotatable bonds is 7. The van der Waals surface area contributed by atoms with E-state index >= 15 is 0 Å². The van der Waals surface area contributed by atoms with Crippen LogP contribution in [0.25, 0.3) is 0 Å². The van der Waals surface area contributed by atoms with Gasteiger partial charge in [0.1, 0.15) is 11.6 Å². The Morgan fingerprint density at radius 3 is 2.69 bits per heavy atom. The lowest BCUT2D eigenvalue weighted by Gasteiger charge is -2.70. The summed E-state index contributed by atoms with van der Waals surface area (Å²) < 4.78 is 23.5. The van der Waals surface area contributed by atoms with Crippen LogP contribution in [0.5, 0.6) is 5.75 Å². The fraction of sp³-hybridized carbons (Fsp3) is 0.381. The van der Waals surface area contributed by atoms with Gasteiger partial charge in [0.25, 0.3) is 5.91 Å². The zero-order valence-electron chi connectivity index (χ0n) is 15.8. The number of aromatic nitrogens is 1. The van der Waals surface area contributed by atoms with Crippen molar-refractivity contribution in [3.63, 3.8) is 0 Å². The molecule has 0 aliphatic heterocycles. The number of nitrogens with zero attached hydrogens (tertiary/aromatic N) is 1. The standard InChI is InChI=1S/C21H20ClFN2O4/c1-28-19(27)13-4-5-24-14(6-13)8-20-10-21(11-20,12-20)25-18(26)9-29-15-2-3-16(22)17(23)7-15/h2-7H,8-12H2,1H3,(H,25,26). The normalized spacial score (nSPS) is 24.1. The van der Waals surface area contributed by atoms with E-state index in [1.54, 1.807) is 18.3 Å². The highest BCUT2D eigenvalue weighted by Gasteiger charge is 2.68. The minimum Gasteiger partial charge on any atom is -0.484 e. The molecule has 1 aromatic carbocycles. The van der Waals surface area contributed by atoms with Crippen molar-refractivity contribution in [2.45, 2.75) is 31.2 Å². The number of carbonyl (C=O) groups excluding carboxylic acids is 2. The van der Waals surface area contributed by atoms with Crippen molar-refractivity contribution in [1.29, 1.82) is 0 Å². The lowest BCUT2D eigenvalue weighted by atomic mass is 9.38. The Bertz CT molecular complexity index is 961. The molecule has 2 bridgehead atoms. The van der Waals surface area contributed by atoms with Gasteiger partial charge in [-0.2, -0.15) is 0 Å². The first-order valence-electron chi connectivity index (χ1n) is 9.24. The second-order valence-electron chi connectivity index (χ2n) is 7.93. The van der Waals surface area contributed by atoms with Gasteiger partial charge in [-0.15, -0.1) is 0 Å². The van der Waals surface area contributed by atoms with Crippen LogP contribution in [0.15, 0.2) is 36.5 Å². The minimum atomic E-state index is -0.587. The maximum absolute atomic E-state index is 13.4. The quantitative estimate of drug-likeness (QED) is 0.698. The summed E-state index contributed by atoms with van der Waals surface area (Å²) in [5, 5.41) is 3.03. The second kappa shape index (κ2) is 7.30. The highest BCUT2D eigenvalue weighted by Crippen LogP contribution is 2.68. The predicted octanol–water partition coefficient (Wildman–Crippen LogP) is 3.32. The van der Waals surface area contributed by atoms with E-state index in [1.807, 2.05) is 0 Å². The fourth-order valence-corrected chi connectivity index (χ4v) is 4.69. The third-order valence-corrected chi connectivity index (χ3v) is 5.91. The largest absolute Gasteiger partial charge is 0.484 e. The molecule has 1 aromatic heterocycles. The number of esters is 1. The molecule has 3 aliphatic carbocycles. The van der Waals surface area contributed by atoms with E-state index in [0.717, 1.165) is 37.4 Å². The summed E-state index contributed by atoms with van der Waals surface area (Å²) in [6.07, 6.45) is 4.97. The Kier molecular flexibility index (Phi) is 4.94. The molecule has 1 amide bonds. The molecular formula is C21H20ClFN2O4. The van der Waals surface area contributed by atoms with Gasteiger partial charge in [0.15, 0.2) is 6.61 Å². The monoisotopic (exact) mass is 418 g/mol. The van der Waals surface area contributed by atoms with Crippen molar-refractivity contribution in [3.8, 4) is 5.75 Å². The zero-order valence-corrected chi connectivity index (χ0v) is 16.6. The summed E-state index contributed by atoms with van der Waals surface area (Å²) in [6, 6.07) is 7.45. The van der Waals surface area contributed by atoms with Gasteiger partial charge in [0, 0.05) is 23.5 Å².